The molecule has 2 aromatic carbocycles. The van der Waals surface area contributed by atoms with Crippen LogP contribution in [0.2, 0.25) is 0 Å². The summed E-state index contributed by atoms with van der Waals surface area (Å²) in [6.07, 6.45) is 2.73. The van der Waals surface area contributed by atoms with Crippen molar-refractivity contribution in [2.45, 2.75) is 27.2 Å². The first-order valence-electron chi connectivity index (χ1n) is 9.63. The number of nitrogens with zero attached hydrogens (tertiary/aromatic N) is 2. The minimum atomic E-state index is 0.521. The van der Waals surface area contributed by atoms with Gasteiger partial charge in [-0.05, 0) is 59.7 Å². The molecule has 0 aliphatic heterocycles. The summed E-state index contributed by atoms with van der Waals surface area (Å²) in [5.74, 6) is 0.521. The fourth-order valence-corrected chi connectivity index (χ4v) is 3.63. The van der Waals surface area contributed by atoms with Crippen molar-refractivity contribution in [3.05, 3.63) is 77.5 Å². The van der Waals surface area contributed by atoms with E-state index in [1.165, 1.54) is 5.56 Å². The lowest BCUT2D eigenvalue weighted by Crippen LogP contribution is -1.97. The number of H-pyrrole nitrogens is 1. The molecular formula is C25H23N3. The van der Waals surface area contributed by atoms with Crippen LogP contribution < -0.4 is 0 Å². The molecule has 0 fully saturated rings. The lowest BCUT2D eigenvalue weighted by molar-refractivity contribution is 0.646. The summed E-state index contributed by atoms with van der Waals surface area (Å²) >= 11 is 0. The Hall–Kier alpha value is -3.38. The zero-order valence-electron chi connectivity index (χ0n) is 16.5. The van der Waals surface area contributed by atoms with Crippen molar-refractivity contribution in [1.82, 2.24) is 9.97 Å². The van der Waals surface area contributed by atoms with Gasteiger partial charge in [0.05, 0.1) is 11.6 Å². The Bertz CT molecular complexity index is 1170. The van der Waals surface area contributed by atoms with Crippen LogP contribution in [0.1, 0.15) is 30.5 Å². The van der Waals surface area contributed by atoms with E-state index in [1.807, 2.05) is 18.3 Å². The van der Waals surface area contributed by atoms with Gasteiger partial charge in [0.2, 0.25) is 0 Å². The second-order valence-corrected chi connectivity index (χ2v) is 7.75. The summed E-state index contributed by atoms with van der Waals surface area (Å²) in [5, 5.41) is 10.7. The second-order valence-electron chi connectivity index (χ2n) is 7.75. The largest absolute Gasteiger partial charge is 0.339 e. The van der Waals surface area contributed by atoms with Crippen molar-refractivity contribution in [3.63, 3.8) is 0 Å². The minimum absolute atomic E-state index is 0.521. The quantitative estimate of drug-likeness (QED) is 0.463. The highest BCUT2D eigenvalue weighted by atomic mass is 14.9. The van der Waals surface area contributed by atoms with Crippen LogP contribution in [0.4, 0.5) is 0 Å². The summed E-state index contributed by atoms with van der Waals surface area (Å²) < 4.78 is 0. The van der Waals surface area contributed by atoms with Gasteiger partial charge >= 0.3 is 0 Å². The predicted molar refractivity (Wildman–Crippen MR) is 115 cm³/mol. The van der Waals surface area contributed by atoms with Crippen LogP contribution in [0.5, 0.6) is 0 Å². The van der Waals surface area contributed by atoms with E-state index in [-0.39, 0.29) is 0 Å². The monoisotopic (exact) mass is 365 g/mol. The molecule has 0 saturated heterocycles. The van der Waals surface area contributed by atoms with Gasteiger partial charge in [0.1, 0.15) is 5.65 Å². The maximum absolute atomic E-state index is 9.62. The van der Waals surface area contributed by atoms with Gasteiger partial charge in [-0.25, -0.2) is 4.98 Å². The molecule has 2 aromatic heterocycles. The Morgan fingerprint density at radius 1 is 1.00 bits per heavy atom. The normalized spacial score (nSPS) is 11.1. The topological polar surface area (TPSA) is 52.5 Å². The highest BCUT2D eigenvalue weighted by Gasteiger charge is 2.12. The fraction of sp³-hybridized carbons (Fsp3) is 0.200. The first kappa shape index (κ1) is 18.0. The molecule has 0 saturated carbocycles. The molecule has 4 aromatic rings. The van der Waals surface area contributed by atoms with Crippen molar-refractivity contribution in [3.8, 4) is 28.5 Å². The number of aromatic amines is 1. The highest BCUT2D eigenvalue weighted by molar-refractivity contribution is 5.96. The molecule has 0 aliphatic rings. The average Bonchev–Trinajstić information content (AvgIpc) is 3.12. The van der Waals surface area contributed by atoms with E-state index in [0.29, 0.717) is 5.92 Å². The number of pyridine rings is 1. The van der Waals surface area contributed by atoms with Crippen molar-refractivity contribution >= 4 is 11.0 Å². The van der Waals surface area contributed by atoms with E-state index >= 15 is 0 Å². The summed E-state index contributed by atoms with van der Waals surface area (Å²) in [6, 6.07) is 21.2. The predicted octanol–water partition coefficient (Wildman–Crippen LogP) is 6.28. The third-order valence-electron chi connectivity index (χ3n) is 5.06. The Morgan fingerprint density at radius 3 is 2.46 bits per heavy atom. The van der Waals surface area contributed by atoms with Gasteiger partial charge in [-0.15, -0.1) is 0 Å². The number of hydrogen-bond acceptors (Lipinski definition) is 2. The van der Waals surface area contributed by atoms with E-state index in [9.17, 15) is 5.26 Å². The Morgan fingerprint density at radius 2 is 1.75 bits per heavy atom. The molecule has 138 valence electrons. The molecule has 4 rings (SSSR count). The van der Waals surface area contributed by atoms with Gasteiger partial charge in [-0.2, -0.15) is 5.26 Å². The van der Waals surface area contributed by atoms with Gasteiger partial charge in [0.15, 0.2) is 0 Å². The van der Waals surface area contributed by atoms with Crippen molar-refractivity contribution in [2.75, 3.05) is 0 Å². The van der Waals surface area contributed by atoms with Gasteiger partial charge < -0.3 is 4.98 Å². The summed E-state index contributed by atoms with van der Waals surface area (Å²) in [5.41, 5.74) is 8.29. The molecule has 3 heteroatoms. The molecule has 0 atom stereocenters. The number of aryl methyl sites for hydroxylation is 1. The summed E-state index contributed by atoms with van der Waals surface area (Å²) in [6.45, 7) is 6.44. The number of benzene rings is 2. The Kier molecular flexibility index (Phi) is 4.71. The van der Waals surface area contributed by atoms with E-state index in [1.54, 1.807) is 0 Å². The molecule has 0 amide bonds. The smallest absolute Gasteiger partial charge is 0.138 e. The zero-order valence-corrected chi connectivity index (χ0v) is 16.5. The zero-order chi connectivity index (χ0) is 19.7. The van der Waals surface area contributed by atoms with Gasteiger partial charge in [-0.3, -0.25) is 0 Å². The molecular weight excluding hydrogens is 342 g/mol. The van der Waals surface area contributed by atoms with Crippen LogP contribution >= 0.6 is 0 Å². The molecule has 1 N–H and O–H groups in total. The maximum Gasteiger partial charge on any atom is 0.138 e. The average molecular weight is 365 g/mol. The molecule has 0 aliphatic carbocycles. The van der Waals surface area contributed by atoms with Crippen LogP contribution in [0, 0.1) is 24.2 Å². The molecule has 28 heavy (non-hydrogen) atoms. The number of aromatic nitrogens is 2. The van der Waals surface area contributed by atoms with Crippen LogP contribution in [-0.4, -0.2) is 9.97 Å². The van der Waals surface area contributed by atoms with Crippen LogP contribution in [0.25, 0.3) is 33.4 Å². The summed E-state index contributed by atoms with van der Waals surface area (Å²) in [7, 11) is 0. The lowest BCUT2D eigenvalue weighted by Gasteiger charge is -2.10. The van der Waals surface area contributed by atoms with Crippen LogP contribution in [0.3, 0.4) is 0 Å². The van der Waals surface area contributed by atoms with Gasteiger partial charge in [0.25, 0.3) is 0 Å². The van der Waals surface area contributed by atoms with E-state index in [0.717, 1.165) is 51.0 Å². The van der Waals surface area contributed by atoms with Gasteiger partial charge in [0, 0.05) is 17.3 Å². The highest BCUT2D eigenvalue weighted by Crippen LogP contribution is 2.32. The molecule has 0 spiro atoms. The maximum atomic E-state index is 9.62. The number of rotatable bonds is 4. The molecule has 2 heterocycles. The van der Waals surface area contributed by atoms with E-state index in [4.69, 9.17) is 0 Å². The number of nitriles is 1. The van der Waals surface area contributed by atoms with Crippen LogP contribution in [-0.2, 0) is 6.42 Å². The standard InChI is InChI=1S/C25H23N3/c1-16(2)12-19-8-9-20(13-21(19)15-26)22-10-11-27-25-23(22)14-24(28-25)18-6-4-17(3)5-7-18/h4-11,13-14,16H,12H2,1-3H3,(H,27,28). The molecule has 0 radical (unpaired) electrons. The number of nitrogens with one attached hydrogen (secondary N) is 1. The first-order valence-corrected chi connectivity index (χ1v) is 9.63. The van der Waals surface area contributed by atoms with E-state index in [2.05, 4.69) is 79.3 Å². The third kappa shape index (κ3) is 3.42. The number of fused-ring (bicyclic) bond motifs is 1. The second kappa shape index (κ2) is 7.32. The summed E-state index contributed by atoms with van der Waals surface area (Å²) in [4.78, 5) is 7.94. The number of hydrogen-bond donors (Lipinski definition) is 1. The van der Waals surface area contributed by atoms with Crippen molar-refractivity contribution in [2.24, 2.45) is 5.92 Å². The fourth-order valence-electron chi connectivity index (χ4n) is 3.63. The lowest BCUT2D eigenvalue weighted by atomic mass is 9.94. The van der Waals surface area contributed by atoms with E-state index < -0.39 is 0 Å². The van der Waals surface area contributed by atoms with Crippen LogP contribution in [0.15, 0.2) is 60.8 Å². The molecule has 0 bridgehead atoms. The SMILES string of the molecule is Cc1ccc(-c2cc3c(-c4ccc(CC(C)C)c(C#N)c4)ccnc3[nH]2)cc1. The van der Waals surface area contributed by atoms with Gasteiger partial charge in [-0.1, -0.05) is 55.8 Å². The third-order valence-corrected chi connectivity index (χ3v) is 5.06. The minimum Gasteiger partial charge on any atom is -0.339 e. The van der Waals surface area contributed by atoms with Crippen molar-refractivity contribution < 1.29 is 0 Å². The molecule has 3 nitrogen and oxygen atoms in total. The first-order chi connectivity index (χ1) is 13.5. The van der Waals surface area contributed by atoms with Crippen molar-refractivity contribution in [1.29, 1.82) is 5.26 Å². The molecule has 0 unspecified atom stereocenters. The Balaban J connectivity index is 1.81. The Labute approximate surface area is 165 Å².